The lowest BCUT2D eigenvalue weighted by atomic mass is 10.1. The van der Waals surface area contributed by atoms with E-state index in [4.69, 9.17) is 16.0 Å². The summed E-state index contributed by atoms with van der Waals surface area (Å²) >= 11 is 6.12. The van der Waals surface area contributed by atoms with Crippen LogP contribution >= 0.6 is 11.6 Å². The van der Waals surface area contributed by atoms with Crippen LogP contribution in [-0.4, -0.2) is 52.1 Å². The first kappa shape index (κ1) is 21.5. The molecule has 0 saturated carbocycles. The Hall–Kier alpha value is -2.77. The van der Waals surface area contributed by atoms with Gasteiger partial charge in [0.25, 0.3) is 0 Å². The molecule has 1 fully saturated rings. The van der Waals surface area contributed by atoms with Crippen molar-refractivity contribution in [3.8, 4) is 11.5 Å². The van der Waals surface area contributed by atoms with Gasteiger partial charge in [-0.2, -0.15) is 0 Å². The monoisotopic (exact) mass is 442 g/mol. The van der Waals surface area contributed by atoms with Crippen LogP contribution in [0.25, 0.3) is 11.5 Å². The summed E-state index contributed by atoms with van der Waals surface area (Å²) in [4.78, 5) is 16.5. The quantitative estimate of drug-likeness (QED) is 0.549. The SMILES string of the molecule is O=C(CCCc1nnc(-c2ccccc2)o1)N1CCN(Cc2c(F)cccc2Cl)CC1. The van der Waals surface area contributed by atoms with Crippen molar-refractivity contribution in [2.24, 2.45) is 0 Å². The van der Waals surface area contributed by atoms with Gasteiger partial charge in [-0.05, 0) is 30.7 Å². The topological polar surface area (TPSA) is 62.5 Å². The maximum Gasteiger partial charge on any atom is 0.247 e. The average Bonchev–Trinajstić information content (AvgIpc) is 3.26. The highest BCUT2D eigenvalue weighted by atomic mass is 35.5. The normalized spacial score (nSPS) is 14.7. The molecule has 0 radical (unpaired) electrons. The molecule has 162 valence electrons. The van der Waals surface area contributed by atoms with Crippen LogP contribution in [0, 0.1) is 5.82 Å². The van der Waals surface area contributed by atoms with Crippen molar-refractivity contribution in [1.29, 1.82) is 0 Å². The maximum atomic E-state index is 14.0. The molecule has 0 aliphatic carbocycles. The first-order valence-corrected chi connectivity index (χ1v) is 10.8. The molecular formula is C23H24ClFN4O2. The molecule has 2 heterocycles. The number of carbonyl (C=O) groups is 1. The molecule has 2 aromatic carbocycles. The second kappa shape index (κ2) is 10.0. The van der Waals surface area contributed by atoms with E-state index in [0.29, 0.717) is 74.4 Å². The number of aryl methyl sites for hydroxylation is 1. The lowest BCUT2D eigenvalue weighted by molar-refractivity contribution is -0.133. The summed E-state index contributed by atoms with van der Waals surface area (Å²) in [6.07, 6.45) is 1.65. The molecule has 6 nitrogen and oxygen atoms in total. The van der Waals surface area contributed by atoms with Crippen molar-refractivity contribution >= 4 is 17.5 Å². The van der Waals surface area contributed by atoms with E-state index in [-0.39, 0.29) is 11.7 Å². The third-order valence-corrected chi connectivity index (χ3v) is 5.79. The third-order valence-electron chi connectivity index (χ3n) is 5.44. The standard InChI is InChI=1S/C23H24ClFN4O2/c24-19-8-4-9-20(25)18(19)16-28-12-14-29(15-13-28)22(30)11-5-10-21-26-27-23(31-21)17-6-2-1-3-7-17/h1-4,6-9H,5,10-16H2. The van der Waals surface area contributed by atoms with Crippen LogP contribution in [0.4, 0.5) is 4.39 Å². The lowest BCUT2D eigenvalue weighted by Gasteiger charge is -2.35. The fraction of sp³-hybridized carbons (Fsp3) is 0.348. The van der Waals surface area contributed by atoms with E-state index in [1.165, 1.54) is 6.07 Å². The van der Waals surface area contributed by atoms with Crippen molar-refractivity contribution < 1.29 is 13.6 Å². The summed E-state index contributed by atoms with van der Waals surface area (Å²) < 4.78 is 19.7. The summed E-state index contributed by atoms with van der Waals surface area (Å²) in [6, 6.07) is 14.3. The van der Waals surface area contributed by atoms with Crippen LogP contribution in [0.3, 0.4) is 0 Å². The maximum absolute atomic E-state index is 14.0. The van der Waals surface area contributed by atoms with Crippen molar-refractivity contribution in [2.75, 3.05) is 26.2 Å². The number of hydrogen-bond donors (Lipinski definition) is 0. The molecule has 31 heavy (non-hydrogen) atoms. The van der Waals surface area contributed by atoms with Crippen molar-refractivity contribution in [3.63, 3.8) is 0 Å². The van der Waals surface area contributed by atoms with E-state index < -0.39 is 0 Å². The van der Waals surface area contributed by atoms with Gasteiger partial charge in [0, 0.05) is 61.7 Å². The molecular weight excluding hydrogens is 419 g/mol. The smallest absolute Gasteiger partial charge is 0.247 e. The van der Waals surface area contributed by atoms with E-state index >= 15 is 0 Å². The number of piperazine rings is 1. The average molecular weight is 443 g/mol. The summed E-state index contributed by atoms with van der Waals surface area (Å²) in [7, 11) is 0. The number of benzene rings is 2. The van der Waals surface area contributed by atoms with E-state index in [1.54, 1.807) is 12.1 Å². The lowest BCUT2D eigenvalue weighted by Crippen LogP contribution is -2.48. The van der Waals surface area contributed by atoms with E-state index in [2.05, 4.69) is 15.1 Å². The largest absolute Gasteiger partial charge is 0.421 e. The molecule has 1 amide bonds. The molecule has 1 aliphatic rings. The fourth-order valence-corrected chi connectivity index (χ4v) is 3.89. The first-order valence-electron chi connectivity index (χ1n) is 10.4. The predicted octanol–water partition coefficient (Wildman–Crippen LogP) is 4.20. The predicted molar refractivity (Wildman–Crippen MR) is 116 cm³/mol. The zero-order valence-electron chi connectivity index (χ0n) is 17.1. The number of rotatable bonds is 7. The van der Waals surface area contributed by atoms with Crippen molar-refractivity contribution in [3.05, 3.63) is 70.8 Å². The number of halogens is 2. The second-order valence-corrected chi connectivity index (χ2v) is 7.98. The number of aromatic nitrogens is 2. The Labute approximate surface area is 185 Å². The minimum absolute atomic E-state index is 0.117. The van der Waals surface area contributed by atoms with Crippen LogP contribution in [0.5, 0.6) is 0 Å². The molecule has 4 rings (SSSR count). The van der Waals surface area contributed by atoms with Gasteiger partial charge in [-0.15, -0.1) is 10.2 Å². The molecule has 0 bridgehead atoms. The molecule has 1 saturated heterocycles. The highest BCUT2D eigenvalue weighted by molar-refractivity contribution is 6.31. The van der Waals surface area contributed by atoms with Gasteiger partial charge in [0.15, 0.2) is 0 Å². The Morgan fingerprint density at radius 3 is 2.55 bits per heavy atom. The minimum Gasteiger partial charge on any atom is -0.421 e. The van der Waals surface area contributed by atoms with Crippen LogP contribution < -0.4 is 0 Å². The highest BCUT2D eigenvalue weighted by Crippen LogP contribution is 2.22. The van der Waals surface area contributed by atoms with Crippen molar-refractivity contribution in [2.45, 2.75) is 25.8 Å². The fourth-order valence-electron chi connectivity index (χ4n) is 3.66. The van der Waals surface area contributed by atoms with Gasteiger partial charge in [0.1, 0.15) is 5.82 Å². The van der Waals surface area contributed by atoms with Crippen molar-refractivity contribution in [1.82, 2.24) is 20.0 Å². The molecule has 1 aliphatic heterocycles. The Morgan fingerprint density at radius 1 is 1.03 bits per heavy atom. The summed E-state index contributed by atoms with van der Waals surface area (Å²) in [5.74, 6) is 0.861. The first-order chi connectivity index (χ1) is 15.1. The molecule has 0 spiro atoms. The van der Waals surface area contributed by atoms with Crippen LogP contribution in [0.1, 0.15) is 24.3 Å². The summed E-state index contributed by atoms with van der Waals surface area (Å²) in [5, 5.41) is 8.59. The molecule has 0 N–H and O–H groups in total. The summed E-state index contributed by atoms with van der Waals surface area (Å²) in [6.45, 7) is 3.10. The zero-order chi connectivity index (χ0) is 21.6. The Morgan fingerprint density at radius 2 is 1.81 bits per heavy atom. The number of hydrogen-bond acceptors (Lipinski definition) is 5. The summed E-state index contributed by atoms with van der Waals surface area (Å²) in [5.41, 5.74) is 1.39. The molecule has 3 aromatic rings. The van der Waals surface area contributed by atoms with Gasteiger partial charge < -0.3 is 9.32 Å². The minimum atomic E-state index is -0.289. The number of nitrogens with zero attached hydrogens (tertiary/aromatic N) is 4. The van der Waals surface area contributed by atoms with Gasteiger partial charge in [0.05, 0.1) is 0 Å². The Kier molecular flexibility index (Phi) is 6.94. The molecule has 0 unspecified atom stereocenters. The van der Waals surface area contributed by atoms with Crippen LogP contribution in [-0.2, 0) is 17.8 Å². The number of carbonyl (C=O) groups excluding carboxylic acids is 1. The Bertz CT molecular complexity index is 999. The van der Waals surface area contributed by atoms with Gasteiger partial charge in [-0.3, -0.25) is 9.69 Å². The number of amides is 1. The zero-order valence-corrected chi connectivity index (χ0v) is 17.9. The van der Waals surface area contributed by atoms with Gasteiger partial charge in [0.2, 0.25) is 17.7 Å². The van der Waals surface area contributed by atoms with Crippen LogP contribution in [0.15, 0.2) is 52.9 Å². The van der Waals surface area contributed by atoms with Gasteiger partial charge in [-0.1, -0.05) is 35.9 Å². The van der Waals surface area contributed by atoms with Gasteiger partial charge >= 0.3 is 0 Å². The van der Waals surface area contributed by atoms with E-state index in [0.717, 1.165) is 5.56 Å². The third kappa shape index (κ3) is 5.48. The molecule has 8 heteroatoms. The van der Waals surface area contributed by atoms with Crippen LogP contribution in [0.2, 0.25) is 5.02 Å². The Balaban J connectivity index is 1.21. The van der Waals surface area contributed by atoms with Gasteiger partial charge in [-0.25, -0.2) is 4.39 Å². The molecule has 0 atom stereocenters. The highest BCUT2D eigenvalue weighted by Gasteiger charge is 2.22. The van der Waals surface area contributed by atoms with E-state index in [9.17, 15) is 9.18 Å². The second-order valence-electron chi connectivity index (χ2n) is 7.58. The van der Waals surface area contributed by atoms with E-state index in [1.807, 2.05) is 35.2 Å². The molecule has 1 aromatic heterocycles.